The third-order valence-electron chi connectivity index (χ3n) is 5.86. The van der Waals surface area contributed by atoms with Gasteiger partial charge in [0.05, 0.1) is 22.9 Å². The maximum Gasteiger partial charge on any atom is 0.341 e. The first-order valence-corrected chi connectivity index (χ1v) is 12.2. The number of aliphatic hydroxyl groups is 1. The maximum absolute atomic E-state index is 13.9. The van der Waals surface area contributed by atoms with E-state index in [1.807, 2.05) is 4.90 Å². The number of nitrogens with zero attached hydrogens (tertiary/aromatic N) is 1. The number of hydrogen-bond donors (Lipinski definition) is 3. The molecule has 1 aromatic heterocycles. The van der Waals surface area contributed by atoms with Crippen LogP contribution in [-0.4, -0.2) is 55.2 Å². The van der Waals surface area contributed by atoms with Crippen LogP contribution in [0.4, 0.5) is 10.1 Å². The molecule has 3 heterocycles. The molecule has 9 nitrogen and oxygen atoms in total. The van der Waals surface area contributed by atoms with Crippen LogP contribution in [0.15, 0.2) is 58.1 Å². The summed E-state index contributed by atoms with van der Waals surface area (Å²) >= 11 is 0. The molecule has 0 spiro atoms. The Kier molecular flexibility index (Phi) is 5.83. The minimum atomic E-state index is -4.30. The van der Waals surface area contributed by atoms with E-state index in [0.29, 0.717) is 36.5 Å². The molecular weight excluding hydrogens is 479 g/mol. The molecule has 11 heteroatoms. The average Bonchev–Trinajstić information content (AvgIpc) is 3.26. The summed E-state index contributed by atoms with van der Waals surface area (Å²) in [6, 6.07) is 7.82. The van der Waals surface area contributed by atoms with Gasteiger partial charge in [0.15, 0.2) is 0 Å². The Morgan fingerprint density at radius 3 is 2.74 bits per heavy atom. The quantitative estimate of drug-likeness (QED) is 0.451. The Morgan fingerprint density at radius 2 is 2.00 bits per heavy atom. The molecule has 0 aliphatic carbocycles. The largest absolute Gasteiger partial charge is 0.484 e. The lowest BCUT2D eigenvalue weighted by Gasteiger charge is -2.34. The summed E-state index contributed by atoms with van der Waals surface area (Å²) in [7, 11) is -4.30. The van der Waals surface area contributed by atoms with Gasteiger partial charge in [-0.1, -0.05) is 12.2 Å². The molecule has 1 fully saturated rings. The highest BCUT2D eigenvalue weighted by Gasteiger charge is 2.30. The molecule has 0 radical (unpaired) electrons. The van der Waals surface area contributed by atoms with E-state index in [1.165, 1.54) is 18.4 Å². The predicted octanol–water partition coefficient (Wildman–Crippen LogP) is 3.17. The van der Waals surface area contributed by atoms with Gasteiger partial charge in [0.2, 0.25) is 0 Å². The van der Waals surface area contributed by atoms with E-state index in [-0.39, 0.29) is 40.2 Å². The van der Waals surface area contributed by atoms with Gasteiger partial charge in [-0.25, -0.2) is 17.6 Å². The van der Waals surface area contributed by atoms with Crippen LogP contribution in [-0.2, 0) is 16.6 Å². The van der Waals surface area contributed by atoms with E-state index in [0.717, 1.165) is 18.2 Å². The summed E-state index contributed by atoms with van der Waals surface area (Å²) in [5.41, 5.74) is 0.726. The van der Waals surface area contributed by atoms with Crippen molar-refractivity contribution in [2.24, 2.45) is 0 Å². The molecule has 35 heavy (non-hydrogen) atoms. The fourth-order valence-corrected chi connectivity index (χ4v) is 5.44. The summed E-state index contributed by atoms with van der Waals surface area (Å²) in [6.07, 6.45) is 4.25. The molecule has 0 amide bonds. The second kappa shape index (κ2) is 8.84. The van der Waals surface area contributed by atoms with Crippen molar-refractivity contribution in [1.82, 2.24) is 4.90 Å². The normalized spacial score (nSPS) is 15.8. The number of likely N-dealkylation sites (tertiary alicyclic amines) is 1. The Balaban J connectivity index is 1.48. The van der Waals surface area contributed by atoms with E-state index < -0.39 is 21.8 Å². The second-order valence-corrected chi connectivity index (χ2v) is 9.93. The number of halogens is 1. The Morgan fingerprint density at radius 1 is 1.20 bits per heavy atom. The average molecular weight is 501 g/mol. The zero-order chi connectivity index (χ0) is 24.7. The van der Waals surface area contributed by atoms with Crippen molar-refractivity contribution in [3.63, 3.8) is 0 Å². The number of furan rings is 1. The van der Waals surface area contributed by atoms with Gasteiger partial charge in [0, 0.05) is 30.8 Å². The fourth-order valence-electron chi connectivity index (χ4n) is 4.19. The number of carboxylic acids is 1. The molecule has 3 N–H and O–H groups in total. The number of carbonyl (C=O) groups is 1. The first kappa shape index (κ1) is 23.1. The Hall–Kier alpha value is -3.67. The van der Waals surface area contributed by atoms with E-state index in [4.69, 9.17) is 9.15 Å². The summed E-state index contributed by atoms with van der Waals surface area (Å²) in [5, 5.41) is 19.2. The monoisotopic (exact) mass is 500 g/mol. The molecule has 2 aromatic carbocycles. The van der Waals surface area contributed by atoms with Crippen molar-refractivity contribution in [1.29, 1.82) is 0 Å². The highest BCUT2D eigenvalue weighted by molar-refractivity contribution is 7.92. The van der Waals surface area contributed by atoms with Gasteiger partial charge in [-0.3, -0.25) is 9.62 Å². The number of aliphatic hydroxyl groups excluding tert-OH is 1. The number of sulfonamides is 1. The second-order valence-electron chi connectivity index (χ2n) is 8.28. The van der Waals surface area contributed by atoms with Crippen LogP contribution < -0.4 is 9.46 Å². The Labute approximate surface area is 200 Å². The standard InChI is InChI=1S/C24H21FN2O7S/c25-15-3-6-21(14(10-15)2-1-8-27-11-16(28)12-27)35(31,32)26-19-5-4-18-17-7-9-33-20(17)13-34-23(18)22(19)24(29)30/h1-7,9-10,16,26,28H,8,11-13H2,(H,29,30)/b2-1-. The van der Waals surface area contributed by atoms with Crippen molar-refractivity contribution < 1.29 is 37.0 Å². The number of benzene rings is 2. The van der Waals surface area contributed by atoms with Gasteiger partial charge in [-0.05, 0) is 42.0 Å². The molecule has 3 aromatic rings. The highest BCUT2D eigenvalue weighted by Crippen LogP contribution is 2.43. The topological polar surface area (TPSA) is 129 Å². The van der Waals surface area contributed by atoms with Crippen LogP contribution in [0.2, 0.25) is 0 Å². The number of anilines is 1. The summed E-state index contributed by atoms with van der Waals surface area (Å²) in [5.74, 6) is -1.42. The van der Waals surface area contributed by atoms with E-state index in [2.05, 4.69) is 4.72 Å². The highest BCUT2D eigenvalue weighted by atomic mass is 32.2. The number of fused-ring (bicyclic) bond motifs is 3. The first-order chi connectivity index (χ1) is 16.7. The fraction of sp³-hybridized carbons (Fsp3) is 0.208. The molecule has 5 rings (SSSR count). The van der Waals surface area contributed by atoms with Gasteiger partial charge in [0.1, 0.15) is 29.5 Å². The van der Waals surface area contributed by atoms with E-state index >= 15 is 0 Å². The molecule has 0 atom stereocenters. The molecule has 0 saturated carbocycles. The summed E-state index contributed by atoms with van der Waals surface area (Å²) in [6.45, 7) is 1.49. The number of hydrogen-bond acceptors (Lipinski definition) is 7. The van der Waals surface area contributed by atoms with Crippen LogP contribution >= 0.6 is 0 Å². The SMILES string of the molecule is O=C(O)c1c(NS(=O)(=O)c2ccc(F)cc2/C=C\CN2CC(O)C2)ccc2c1OCc1occc1-2. The van der Waals surface area contributed by atoms with Gasteiger partial charge in [-0.2, -0.15) is 0 Å². The van der Waals surface area contributed by atoms with Crippen LogP contribution in [0.5, 0.6) is 5.75 Å². The molecule has 2 aliphatic heterocycles. The summed E-state index contributed by atoms with van der Waals surface area (Å²) < 4.78 is 53.8. The van der Waals surface area contributed by atoms with E-state index in [9.17, 15) is 27.8 Å². The zero-order valence-corrected chi connectivity index (χ0v) is 19.1. The van der Waals surface area contributed by atoms with Crippen LogP contribution in [0.3, 0.4) is 0 Å². The van der Waals surface area contributed by atoms with Crippen LogP contribution in [0, 0.1) is 5.82 Å². The Bertz CT molecular complexity index is 1440. The molecule has 0 unspecified atom stereocenters. The molecule has 182 valence electrons. The predicted molar refractivity (Wildman–Crippen MR) is 124 cm³/mol. The van der Waals surface area contributed by atoms with Crippen molar-refractivity contribution in [3.8, 4) is 16.9 Å². The summed E-state index contributed by atoms with van der Waals surface area (Å²) in [4.78, 5) is 13.8. The third-order valence-corrected chi connectivity index (χ3v) is 7.30. The van der Waals surface area contributed by atoms with Gasteiger partial charge < -0.3 is 19.4 Å². The molecule has 0 bridgehead atoms. The molecular formula is C24H21FN2O7S. The van der Waals surface area contributed by atoms with Crippen molar-refractivity contribution in [2.75, 3.05) is 24.4 Å². The van der Waals surface area contributed by atoms with Gasteiger partial charge in [-0.15, -0.1) is 0 Å². The maximum atomic E-state index is 13.9. The number of aromatic carboxylic acids is 1. The number of carboxylic acid groups (broad SMARTS) is 1. The van der Waals surface area contributed by atoms with Crippen LogP contribution in [0.25, 0.3) is 17.2 Å². The van der Waals surface area contributed by atoms with E-state index in [1.54, 1.807) is 18.2 Å². The first-order valence-electron chi connectivity index (χ1n) is 10.7. The minimum absolute atomic E-state index is 0.00671. The molecule has 2 aliphatic rings. The lowest BCUT2D eigenvalue weighted by Crippen LogP contribution is -2.50. The number of ether oxygens (including phenoxy) is 1. The lowest BCUT2D eigenvalue weighted by atomic mass is 9.98. The third kappa shape index (κ3) is 4.41. The number of nitrogens with one attached hydrogen (secondary N) is 1. The van der Waals surface area contributed by atoms with Crippen LogP contribution in [0.1, 0.15) is 21.7 Å². The molecule has 1 saturated heterocycles. The van der Waals surface area contributed by atoms with Crippen molar-refractivity contribution >= 4 is 27.8 Å². The lowest BCUT2D eigenvalue weighted by molar-refractivity contribution is 0.00991. The number of rotatable bonds is 7. The zero-order valence-electron chi connectivity index (χ0n) is 18.3. The van der Waals surface area contributed by atoms with Crippen molar-refractivity contribution in [2.45, 2.75) is 17.6 Å². The van der Waals surface area contributed by atoms with Gasteiger partial charge in [0.25, 0.3) is 10.0 Å². The number of β-amino-alcohol motifs (C(OH)–C–C–N with tert-alkyl or cyclic N) is 1. The minimum Gasteiger partial charge on any atom is -0.484 e. The smallest absolute Gasteiger partial charge is 0.341 e. The van der Waals surface area contributed by atoms with Gasteiger partial charge >= 0.3 is 5.97 Å². The van der Waals surface area contributed by atoms with Crippen molar-refractivity contribution in [3.05, 3.63) is 71.4 Å².